The average molecular weight is 954 g/mol. The maximum Gasteiger partial charge on any atom is 0.329 e. The lowest BCUT2D eigenvalue weighted by Gasteiger charge is -2.78. The molecule has 4 saturated heterocycles. The second kappa shape index (κ2) is 17.9. The van der Waals surface area contributed by atoms with Crippen LogP contribution < -0.4 is 21.2 Å². The third-order valence-electron chi connectivity index (χ3n) is 15.3. The van der Waals surface area contributed by atoms with E-state index in [1.807, 2.05) is 6.07 Å². The molecule has 1 aromatic carbocycles. The highest BCUT2D eigenvalue weighted by Crippen LogP contribution is 2.63. The van der Waals surface area contributed by atoms with Crippen LogP contribution >= 0.6 is 0 Å². The number of carbonyl (C=O) groups is 3. The van der Waals surface area contributed by atoms with Crippen molar-refractivity contribution in [3.8, 4) is 11.8 Å². The Morgan fingerprint density at radius 3 is 2.36 bits per heavy atom. The normalized spacial score (nSPS) is 26.2. The van der Waals surface area contributed by atoms with Crippen molar-refractivity contribution < 1.29 is 32.6 Å². The summed E-state index contributed by atoms with van der Waals surface area (Å²) in [5.74, 6) is 4.48. The quantitative estimate of drug-likeness (QED) is 0.106. The van der Waals surface area contributed by atoms with Crippen molar-refractivity contribution in [1.29, 1.82) is 0 Å². The van der Waals surface area contributed by atoms with Crippen LogP contribution in [0.15, 0.2) is 47.7 Å². The molecule has 28 heteroatoms. The number of aromatic nitrogens is 7. The summed E-state index contributed by atoms with van der Waals surface area (Å²) < 4.78 is 46.2. The predicted molar refractivity (Wildman–Crippen MR) is 268 cm³/mol. The maximum atomic E-state index is 14.5. The van der Waals surface area contributed by atoms with Gasteiger partial charge in [-0.05, 0) is 69.2 Å². The van der Waals surface area contributed by atoms with Crippen LogP contribution in [0.3, 0.4) is 0 Å². The van der Waals surface area contributed by atoms with Crippen LogP contribution in [-0.4, -0.2) is 181 Å². The molecule has 348 valence electrons. The Labute approximate surface area is 425 Å². The van der Waals surface area contributed by atoms with E-state index in [-0.39, 0.29) is 60.4 Å². The van der Waals surface area contributed by atoms with Crippen molar-refractivity contribution in [3.05, 3.63) is 70.2 Å². The number of nitrogens with one attached hydrogen (secondary N) is 2. The maximum absolute atomic E-state index is 14.5. The number of piperidine rings is 2. The summed E-state index contributed by atoms with van der Waals surface area (Å²) in [5.41, 5.74) is -2.26. The number of para-hydroxylation sites is 1. The molecule has 3 atom stereocenters. The Kier molecular flexibility index (Phi) is 12.5. The largest absolute Gasteiger partial charge is 0.374 e. The average Bonchev–Trinajstić information content (AvgIpc) is 4.19. The molecule has 3 amide bonds. The third kappa shape index (κ3) is 7.84. The predicted octanol–water partition coefficient (Wildman–Crippen LogP) is -0.408. The van der Waals surface area contributed by atoms with E-state index in [1.54, 1.807) is 24.4 Å². The third-order valence-corrected chi connectivity index (χ3v) is 15.3. The van der Waals surface area contributed by atoms with Crippen molar-refractivity contribution in [2.75, 3.05) is 36.5 Å². The van der Waals surface area contributed by atoms with Gasteiger partial charge in [0.05, 0.1) is 116 Å². The molecule has 0 spiro atoms. The summed E-state index contributed by atoms with van der Waals surface area (Å²) in [7, 11) is 62.1. The van der Waals surface area contributed by atoms with Gasteiger partial charge in [-0.15, -0.1) is 0 Å². The summed E-state index contributed by atoms with van der Waals surface area (Å²) in [6, 6.07) is 5.68. The standard InChI is InChI=1S/C44H40B9F2N11O6/c1-61-34-23(4-2-6-29(34)66(39(61)70)30-11-12-32(67)59-38(30)69)5-3-15-72-42(49)40(45,46)43(50,51)65(44(52,53)41(42,47)48)18-22-7-9-24(10-8-22)64-20-28(33(60-64)35(54)55)57-37(68)27-17-56-63-14-13-31(58-36(27)63)62-19-26-16-25(62)21-71-26/h2,4,6,13-14,17,20,22,24-26,30,35H,7-12,15-16,18-19,21H2,1H3,(H,57,68)(H,59,67,69)/t22?,24?,25-,26-,30?/m1/s1. The fraction of sp³-hybridized carbons (Fsp3) is 0.523. The number of imide groups is 1. The van der Waals surface area contributed by atoms with Gasteiger partial charge in [-0.3, -0.25) is 33.5 Å². The van der Waals surface area contributed by atoms with Crippen molar-refractivity contribution in [2.24, 2.45) is 13.0 Å². The van der Waals surface area contributed by atoms with Crippen LogP contribution in [0.1, 0.15) is 85.1 Å². The van der Waals surface area contributed by atoms with Crippen LogP contribution in [0.2, 0.25) is 10.4 Å². The van der Waals surface area contributed by atoms with E-state index < -0.39 is 74.8 Å². The van der Waals surface area contributed by atoms with Gasteiger partial charge >= 0.3 is 5.69 Å². The summed E-state index contributed by atoms with van der Waals surface area (Å²) in [6.45, 7) is 0.700. The van der Waals surface area contributed by atoms with Gasteiger partial charge < -0.3 is 24.6 Å². The number of ether oxygens (including phenoxy) is 2. The van der Waals surface area contributed by atoms with Gasteiger partial charge in [0, 0.05) is 37.9 Å². The minimum absolute atomic E-state index is 0.0407. The Morgan fingerprint density at radius 2 is 1.71 bits per heavy atom. The first-order valence-corrected chi connectivity index (χ1v) is 23.4. The molecule has 8 heterocycles. The molecule has 2 bridgehead atoms. The van der Waals surface area contributed by atoms with Crippen LogP contribution in [0, 0.1) is 17.8 Å². The van der Waals surface area contributed by atoms with E-state index in [9.17, 15) is 28.0 Å². The number of alkyl halides is 2. The molecular weight excluding hydrogens is 914 g/mol. The van der Waals surface area contributed by atoms with E-state index in [4.69, 9.17) is 85.1 Å². The van der Waals surface area contributed by atoms with Gasteiger partial charge in [0.1, 0.15) is 31.9 Å². The number of aryl methyl sites for hydroxylation is 1. The van der Waals surface area contributed by atoms with E-state index in [0.717, 1.165) is 6.42 Å². The molecule has 1 saturated carbocycles. The molecular formula is C44H40B9F2N11O6. The zero-order chi connectivity index (χ0) is 51.4. The molecule has 1 unspecified atom stereocenters. The smallest absolute Gasteiger partial charge is 0.329 e. The number of morpholine rings is 1. The molecule has 4 aliphatic heterocycles. The first kappa shape index (κ1) is 50.2. The minimum atomic E-state index is -3.01. The van der Waals surface area contributed by atoms with Gasteiger partial charge in [0.15, 0.2) is 11.3 Å². The van der Waals surface area contributed by atoms with Gasteiger partial charge in [-0.25, -0.2) is 23.1 Å². The van der Waals surface area contributed by atoms with Crippen LogP contribution in [-0.2, 0) is 26.1 Å². The molecule has 4 aromatic heterocycles. The first-order chi connectivity index (χ1) is 34.0. The lowest BCUT2D eigenvalue weighted by Crippen LogP contribution is -2.85. The van der Waals surface area contributed by atoms with Crippen molar-refractivity contribution >= 4 is 117 Å². The molecule has 5 aliphatic rings. The van der Waals surface area contributed by atoms with Crippen molar-refractivity contribution in [3.63, 3.8) is 0 Å². The second-order valence-corrected chi connectivity index (χ2v) is 19.6. The molecule has 2 N–H and O–H groups in total. The summed E-state index contributed by atoms with van der Waals surface area (Å²) >= 11 is 0. The van der Waals surface area contributed by atoms with Crippen molar-refractivity contribution in [1.82, 2.24) is 43.7 Å². The Morgan fingerprint density at radius 1 is 0.986 bits per heavy atom. The number of anilines is 2. The van der Waals surface area contributed by atoms with Crippen LogP contribution in [0.4, 0.5) is 20.3 Å². The molecule has 5 fully saturated rings. The number of rotatable bonds is 10. The number of halogens is 2. The molecule has 10 rings (SSSR count). The number of hydrogen-bond acceptors (Lipinski definition) is 11. The van der Waals surface area contributed by atoms with E-state index in [1.165, 1.54) is 42.7 Å². The number of imidazole rings is 1. The number of fused-ring (bicyclic) bond motifs is 4. The monoisotopic (exact) mass is 955 g/mol. The summed E-state index contributed by atoms with van der Waals surface area (Å²) in [6.07, 6.45) is 4.43. The number of benzene rings is 1. The number of amides is 3. The van der Waals surface area contributed by atoms with E-state index in [2.05, 4.69) is 37.6 Å². The van der Waals surface area contributed by atoms with Crippen molar-refractivity contribution in [2.45, 2.75) is 102 Å². The molecule has 72 heavy (non-hydrogen) atoms. The van der Waals surface area contributed by atoms with Crippen LogP contribution in [0.5, 0.6) is 0 Å². The fourth-order valence-electron chi connectivity index (χ4n) is 11.0. The molecule has 1 aliphatic carbocycles. The van der Waals surface area contributed by atoms with Gasteiger partial charge in [-0.2, -0.15) is 10.2 Å². The number of hydrogen-bond donors (Lipinski definition) is 2. The molecule has 18 radical (unpaired) electrons. The lowest BCUT2D eigenvalue weighted by atomic mass is 9.12. The SMILES string of the molecule is [B]C1([B])N(CC2CCC(n3cc(NC(=O)c4cnn5ccc(N6C[C@H]7C[C@@H]6CO7)nc45)c(C(F)F)n3)CC2)C([B])([B])C([B])([B])C([B])(OCC#Cc2cccc3c2n(C)c(=O)n3C2CCC(=O)NC2=O)C1([B])[B]. The van der Waals surface area contributed by atoms with Gasteiger partial charge in [-0.1, -0.05) is 39.0 Å². The molecule has 5 aromatic rings. The van der Waals surface area contributed by atoms with Gasteiger partial charge in [0.25, 0.3) is 12.3 Å². The highest BCUT2D eigenvalue weighted by molar-refractivity contribution is 6.64. The summed E-state index contributed by atoms with van der Waals surface area (Å²) in [5, 5.41) is 3.70. The molecule has 17 nitrogen and oxygen atoms in total. The zero-order valence-corrected chi connectivity index (χ0v) is 39.2. The Balaban J connectivity index is 0.810. The highest BCUT2D eigenvalue weighted by atomic mass is 19.3. The minimum Gasteiger partial charge on any atom is -0.374 e. The Bertz CT molecular complexity index is 3110. The number of carbonyl (C=O) groups excluding carboxylic acids is 3. The van der Waals surface area contributed by atoms with E-state index in [0.29, 0.717) is 61.2 Å². The lowest BCUT2D eigenvalue weighted by molar-refractivity contribution is -0.135. The summed E-state index contributed by atoms with van der Waals surface area (Å²) in [4.78, 5) is 59.7. The second-order valence-electron chi connectivity index (χ2n) is 19.6. The first-order valence-electron chi connectivity index (χ1n) is 23.4. The van der Waals surface area contributed by atoms with Crippen LogP contribution in [0.25, 0.3) is 16.7 Å². The fourth-order valence-corrected chi connectivity index (χ4v) is 11.0. The Hall–Kier alpha value is -5.39. The topological polar surface area (TPSA) is 175 Å². The number of nitrogens with zero attached hydrogens (tertiary/aromatic N) is 9. The zero-order valence-electron chi connectivity index (χ0n) is 39.2. The highest BCUT2D eigenvalue weighted by Gasteiger charge is 2.67. The van der Waals surface area contributed by atoms with E-state index >= 15 is 0 Å². The number of likely N-dealkylation sites (tertiary alicyclic amines) is 1. The van der Waals surface area contributed by atoms with Gasteiger partial charge in [0.2, 0.25) is 11.8 Å².